The maximum absolute atomic E-state index is 13.3. The average Bonchev–Trinajstić information content (AvgIpc) is 2.91. The zero-order valence-corrected chi connectivity index (χ0v) is 11.6. The van der Waals surface area contributed by atoms with E-state index in [2.05, 4.69) is 0 Å². The van der Waals surface area contributed by atoms with Gasteiger partial charge in [0.05, 0.1) is 0 Å². The molecule has 2 rings (SSSR count). The molecule has 0 radical (unpaired) electrons. The molecule has 0 spiro atoms. The molecular formula is C15H20F2N2O. The molecule has 3 nitrogen and oxygen atoms in total. The SMILES string of the molecule is CCN(C(=O)c1ccc(F)c(F)c1)C1CCCC1CN. The maximum atomic E-state index is 13.3. The minimum Gasteiger partial charge on any atom is -0.336 e. The highest BCUT2D eigenvalue weighted by atomic mass is 19.2. The maximum Gasteiger partial charge on any atom is 0.254 e. The van der Waals surface area contributed by atoms with Crippen molar-refractivity contribution in [3.8, 4) is 0 Å². The summed E-state index contributed by atoms with van der Waals surface area (Å²) < 4.78 is 26.2. The van der Waals surface area contributed by atoms with E-state index in [-0.39, 0.29) is 17.5 Å². The molecule has 1 aliphatic rings. The highest BCUT2D eigenvalue weighted by Crippen LogP contribution is 2.30. The highest BCUT2D eigenvalue weighted by molar-refractivity contribution is 5.94. The van der Waals surface area contributed by atoms with Crippen LogP contribution in [-0.4, -0.2) is 29.9 Å². The number of carbonyl (C=O) groups excluding carboxylic acids is 1. The lowest BCUT2D eigenvalue weighted by Gasteiger charge is -2.32. The summed E-state index contributed by atoms with van der Waals surface area (Å²) >= 11 is 0. The molecule has 0 heterocycles. The Labute approximate surface area is 117 Å². The first-order valence-electron chi connectivity index (χ1n) is 7.04. The Kier molecular flexibility index (Phi) is 4.70. The molecule has 1 aromatic rings. The largest absolute Gasteiger partial charge is 0.336 e. The van der Waals surface area contributed by atoms with Gasteiger partial charge in [0.25, 0.3) is 5.91 Å². The van der Waals surface area contributed by atoms with E-state index < -0.39 is 11.6 Å². The molecule has 0 saturated heterocycles. The van der Waals surface area contributed by atoms with Gasteiger partial charge in [-0.1, -0.05) is 6.42 Å². The van der Waals surface area contributed by atoms with Crippen LogP contribution in [0.1, 0.15) is 36.5 Å². The van der Waals surface area contributed by atoms with Crippen LogP contribution >= 0.6 is 0 Å². The summed E-state index contributed by atoms with van der Waals surface area (Å²) in [5.74, 6) is -1.89. The minimum atomic E-state index is -0.992. The van der Waals surface area contributed by atoms with Crippen LogP contribution in [0.15, 0.2) is 18.2 Å². The third-order valence-electron chi connectivity index (χ3n) is 4.09. The predicted molar refractivity (Wildman–Crippen MR) is 73.3 cm³/mol. The molecule has 1 aliphatic carbocycles. The van der Waals surface area contributed by atoms with E-state index in [0.29, 0.717) is 19.0 Å². The monoisotopic (exact) mass is 282 g/mol. The van der Waals surface area contributed by atoms with Crippen molar-refractivity contribution >= 4 is 5.91 Å². The summed E-state index contributed by atoms with van der Waals surface area (Å²) in [5, 5.41) is 0. The van der Waals surface area contributed by atoms with Crippen molar-refractivity contribution in [1.82, 2.24) is 4.90 Å². The number of carbonyl (C=O) groups is 1. The Hall–Kier alpha value is -1.49. The molecule has 2 unspecified atom stereocenters. The summed E-state index contributed by atoms with van der Waals surface area (Å²) in [6.45, 7) is 2.98. The number of amides is 1. The molecule has 0 bridgehead atoms. The van der Waals surface area contributed by atoms with Gasteiger partial charge in [0.2, 0.25) is 0 Å². The molecule has 1 fully saturated rings. The molecule has 1 saturated carbocycles. The Morgan fingerprint density at radius 3 is 2.70 bits per heavy atom. The quantitative estimate of drug-likeness (QED) is 0.922. The first kappa shape index (κ1) is 14.9. The lowest BCUT2D eigenvalue weighted by atomic mass is 10.0. The Morgan fingerprint density at radius 1 is 1.35 bits per heavy atom. The first-order chi connectivity index (χ1) is 9.58. The van der Waals surface area contributed by atoms with Crippen molar-refractivity contribution in [2.75, 3.05) is 13.1 Å². The van der Waals surface area contributed by atoms with Crippen molar-refractivity contribution in [3.05, 3.63) is 35.4 Å². The molecule has 110 valence electrons. The molecule has 20 heavy (non-hydrogen) atoms. The number of halogens is 2. The summed E-state index contributed by atoms with van der Waals surface area (Å²) in [6, 6.07) is 3.39. The van der Waals surface area contributed by atoms with Gasteiger partial charge in [-0.25, -0.2) is 8.78 Å². The fourth-order valence-corrected chi connectivity index (χ4v) is 3.03. The number of nitrogens with two attached hydrogens (primary N) is 1. The molecule has 2 atom stereocenters. The van der Waals surface area contributed by atoms with Gasteiger partial charge < -0.3 is 10.6 Å². The zero-order chi connectivity index (χ0) is 14.7. The van der Waals surface area contributed by atoms with E-state index in [0.717, 1.165) is 31.4 Å². The lowest BCUT2D eigenvalue weighted by molar-refractivity contribution is 0.0651. The number of hydrogen-bond acceptors (Lipinski definition) is 2. The average molecular weight is 282 g/mol. The fraction of sp³-hybridized carbons (Fsp3) is 0.533. The van der Waals surface area contributed by atoms with E-state index in [9.17, 15) is 13.6 Å². The topological polar surface area (TPSA) is 46.3 Å². The normalized spacial score (nSPS) is 22.0. The van der Waals surface area contributed by atoms with Crippen LogP contribution in [0.25, 0.3) is 0 Å². The second-order valence-electron chi connectivity index (χ2n) is 5.21. The summed E-state index contributed by atoms with van der Waals surface area (Å²) in [4.78, 5) is 14.2. The third-order valence-corrected chi connectivity index (χ3v) is 4.09. The van der Waals surface area contributed by atoms with Gasteiger partial charge in [-0.2, -0.15) is 0 Å². The van der Waals surface area contributed by atoms with Gasteiger partial charge in [-0.15, -0.1) is 0 Å². The molecule has 0 aliphatic heterocycles. The first-order valence-corrected chi connectivity index (χ1v) is 7.04. The smallest absolute Gasteiger partial charge is 0.254 e. The van der Waals surface area contributed by atoms with E-state index >= 15 is 0 Å². The van der Waals surface area contributed by atoms with E-state index in [4.69, 9.17) is 5.73 Å². The van der Waals surface area contributed by atoms with Crippen molar-refractivity contribution in [3.63, 3.8) is 0 Å². The van der Waals surface area contributed by atoms with Gasteiger partial charge in [0.15, 0.2) is 11.6 Å². The highest BCUT2D eigenvalue weighted by Gasteiger charge is 2.33. The Bertz CT molecular complexity index is 493. The van der Waals surface area contributed by atoms with Crippen LogP contribution in [0.4, 0.5) is 8.78 Å². The summed E-state index contributed by atoms with van der Waals surface area (Å²) in [5.41, 5.74) is 5.94. The predicted octanol–water partition coefficient (Wildman–Crippen LogP) is 2.55. The summed E-state index contributed by atoms with van der Waals surface area (Å²) in [7, 11) is 0. The Morgan fingerprint density at radius 2 is 2.10 bits per heavy atom. The second-order valence-corrected chi connectivity index (χ2v) is 5.21. The van der Waals surface area contributed by atoms with Crippen molar-refractivity contribution < 1.29 is 13.6 Å². The van der Waals surface area contributed by atoms with E-state index in [1.165, 1.54) is 6.07 Å². The van der Waals surface area contributed by atoms with E-state index in [1.807, 2.05) is 6.92 Å². The standard InChI is InChI=1S/C15H20F2N2O/c1-2-19(14-5-3-4-11(14)9-18)15(20)10-6-7-12(16)13(17)8-10/h6-8,11,14H,2-5,9,18H2,1H3. The van der Waals surface area contributed by atoms with E-state index in [1.54, 1.807) is 4.90 Å². The van der Waals surface area contributed by atoms with Gasteiger partial charge in [0, 0.05) is 18.2 Å². The van der Waals surface area contributed by atoms with Crippen LogP contribution < -0.4 is 5.73 Å². The molecular weight excluding hydrogens is 262 g/mol. The molecule has 5 heteroatoms. The van der Waals surface area contributed by atoms with Crippen LogP contribution in [0, 0.1) is 17.6 Å². The summed E-state index contributed by atoms with van der Waals surface area (Å²) in [6.07, 6.45) is 2.99. The Balaban J connectivity index is 2.22. The van der Waals surface area contributed by atoms with Gasteiger partial charge in [0.1, 0.15) is 0 Å². The molecule has 1 amide bonds. The van der Waals surface area contributed by atoms with Gasteiger partial charge >= 0.3 is 0 Å². The van der Waals surface area contributed by atoms with Crippen molar-refractivity contribution in [2.45, 2.75) is 32.2 Å². The number of rotatable bonds is 4. The number of hydrogen-bond donors (Lipinski definition) is 1. The van der Waals surface area contributed by atoms with Crippen LogP contribution in [0.2, 0.25) is 0 Å². The van der Waals surface area contributed by atoms with Gasteiger partial charge in [-0.05, 0) is 50.4 Å². The van der Waals surface area contributed by atoms with Crippen LogP contribution in [0.5, 0.6) is 0 Å². The van der Waals surface area contributed by atoms with Crippen LogP contribution in [0.3, 0.4) is 0 Å². The lowest BCUT2D eigenvalue weighted by Crippen LogP contribution is -2.44. The third kappa shape index (κ3) is 2.82. The number of nitrogens with zero attached hydrogens (tertiary/aromatic N) is 1. The molecule has 2 N–H and O–H groups in total. The van der Waals surface area contributed by atoms with Crippen LogP contribution in [-0.2, 0) is 0 Å². The molecule has 0 aromatic heterocycles. The zero-order valence-electron chi connectivity index (χ0n) is 11.6. The molecule has 1 aromatic carbocycles. The van der Waals surface area contributed by atoms with Gasteiger partial charge in [-0.3, -0.25) is 4.79 Å². The number of benzene rings is 1. The van der Waals surface area contributed by atoms with Crippen molar-refractivity contribution in [1.29, 1.82) is 0 Å². The second kappa shape index (κ2) is 6.31. The van der Waals surface area contributed by atoms with Crippen molar-refractivity contribution in [2.24, 2.45) is 11.7 Å². The minimum absolute atomic E-state index is 0.102. The fourth-order valence-electron chi connectivity index (χ4n) is 3.03.